The summed E-state index contributed by atoms with van der Waals surface area (Å²) in [5.74, 6) is 0.556. The normalized spacial score (nSPS) is 14.2. The maximum absolute atomic E-state index is 12.5. The van der Waals surface area contributed by atoms with Gasteiger partial charge in [0, 0.05) is 45.4 Å². The van der Waals surface area contributed by atoms with Gasteiger partial charge in [-0.25, -0.2) is 4.98 Å². The van der Waals surface area contributed by atoms with E-state index in [1.807, 2.05) is 27.1 Å². The number of hydrogen-bond donors (Lipinski definition) is 1. The van der Waals surface area contributed by atoms with Gasteiger partial charge in [0.1, 0.15) is 6.54 Å². The highest BCUT2D eigenvalue weighted by Gasteiger charge is 2.22. The van der Waals surface area contributed by atoms with Gasteiger partial charge in [-0.05, 0) is 19.4 Å². The number of amides is 1. The molecule has 0 aliphatic carbocycles. The van der Waals surface area contributed by atoms with Crippen LogP contribution in [0.5, 0.6) is 0 Å². The molecule has 1 aliphatic rings. The lowest BCUT2D eigenvalue weighted by atomic mass is 10.1. The molecule has 0 atom stereocenters. The van der Waals surface area contributed by atoms with Crippen molar-refractivity contribution < 1.29 is 4.79 Å². The summed E-state index contributed by atoms with van der Waals surface area (Å²) in [5, 5.41) is 4.25. The molecule has 0 fully saturated rings. The molecule has 3 heterocycles. The predicted molar refractivity (Wildman–Crippen MR) is 90.1 cm³/mol. The smallest absolute Gasteiger partial charge is 0.255 e. The largest absolute Gasteiger partial charge is 0.348 e. The van der Waals surface area contributed by atoms with E-state index in [1.165, 1.54) is 0 Å². The fraction of sp³-hybridized carbons (Fsp3) is 0.500. The Labute approximate surface area is 140 Å². The molecule has 1 amide bonds. The summed E-state index contributed by atoms with van der Waals surface area (Å²) in [5.41, 5.74) is 2.25. The van der Waals surface area contributed by atoms with Crippen molar-refractivity contribution in [2.45, 2.75) is 26.3 Å². The van der Waals surface area contributed by atoms with Crippen molar-refractivity contribution in [2.75, 3.05) is 32.1 Å². The minimum Gasteiger partial charge on any atom is -0.348 e. The average molecular weight is 330 g/mol. The number of aromatic nitrogens is 4. The summed E-state index contributed by atoms with van der Waals surface area (Å²) in [4.78, 5) is 35.6. The highest BCUT2D eigenvalue weighted by molar-refractivity contribution is 5.76. The van der Waals surface area contributed by atoms with Crippen molar-refractivity contribution in [3.8, 4) is 0 Å². The Balaban J connectivity index is 1.74. The van der Waals surface area contributed by atoms with Crippen LogP contribution in [0.4, 0.5) is 5.95 Å². The van der Waals surface area contributed by atoms with Crippen LogP contribution < -0.4 is 10.5 Å². The molecule has 0 bridgehead atoms. The Morgan fingerprint density at radius 2 is 2.08 bits per heavy atom. The third-order valence-corrected chi connectivity index (χ3v) is 4.19. The van der Waals surface area contributed by atoms with Crippen LogP contribution in [0.15, 0.2) is 17.1 Å². The molecule has 0 radical (unpaired) electrons. The van der Waals surface area contributed by atoms with E-state index in [0.717, 1.165) is 11.4 Å². The van der Waals surface area contributed by atoms with E-state index in [4.69, 9.17) is 0 Å². The highest BCUT2D eigenvalue weighted by Crippen LogP contribution is 2.13. The van der Waals surface area contributed by atoms with Crippen molar-refractivity contribution in [1.29, 1.82) is 0 Å². The quantitative estimate of drug-likeness (QED) is 0.854. The van der Waals surface area contributed by atoms with E-state index in [-0.39, 0.29) is 18.0 Å². The van der Waals surface area contributed by atoms with Crippen LogP contribution >= 0.6 is 0 Å². The molecule has 0 aromatic carbocycles. The Morgan fingerprint density at radius 3 is 2.75 bits per heavy atom. The zero-order valence-corrected chi connectivity index (χ0v) is 14.2. The molecule has 8 nitrogen and oxygen atoms in total. The minimum atomic E-state index is -0.110. The van der Waals surface area contributed by atoms with Gasteiger partial charge in [0.05, 0.1) is 11.4 Å². The minimum absolute atomic E-state index is 0.00941. The zero-order valence-electron chi connectivity index (χ0n) is 14.2. The van der Waals surface area contributed by atoms with Gasteiger partial charge in [-0.1, -0.05) is 0 Å². The SMILES string of the molecule is Cc1ccn(CC(=O)N2CCc3nc(N(C)C)[nH]c(=O)c3CC2)n1. The summed E-state index contributed by atoms with van der Waals surface area (Å²) < 4.78 is 1.64. The number of carbonyl (C=O) groups is 1. The zero-order chi connectivity index (χ0) is 17.3. The van der Waals surface area contributed by atoms with Crippen LogP contribution in [0.1, 0.15) is 17.0 Å². The molecule has 3 rings (SSSR count). The number of H-pyrrole nitrogens is 1. The number of fused-ring (bicyclic) bond motifs is 1. The third kappa shape index (κ3) is 3.32. The maximum atomic E-state index is 12.5. The highest BCUT2D eigenvalue weighted by atomic mass is 16.2. The van der Waals surface area contributed by atoms with Gasteiger partial charge in [0.2, 0.25) is 11.9 Å². The van der Waals surface area contributed by atoms with Crippen LogP contribution in [0, 0.1) is 6.92 Å². The Bertz CT molecular complexity index is 807. The molecule has 2 aromatic rings. The number of carbonyl (C=O) groups excluding carboxylic acids is 1. The molecule has 0 saturated heterocycles. The van der Waals surface area contributed by atoms with Crippen molar-refractivity contribution in [1.82, 2.24) is 24.6 Å². The van der Waals surface area contributed by atoms with E-state index in [2.05, 4.69) is 15.1 Å². The molecule has 0 unspecified atom stereocenters. The molecular weight excluding hydrogens is 308 g/mol. The second kappa shape index (κ2) is 6.46. The fourth-order valence-corrected chi connectivity index (χ4v) is 2.85. The first-order valence-electron chi connectivity index (χ1n) is 8.01. The molecule has 2 aromatic heterocycles. The van der Waals surface area contributed by atoms with Gasteiger partial charge >= 0.3 is 0 Å². The first-order chi connectivity index (χ1) is 11.4. The summed E-state index contributed by atoms with van der Waals surface area (Å²) >= 11 is 0. The molecule has 1 N–H and O–H groups in total. The third-order valence-electron chi connectivity index (χ3n) is 4.19. The summed E-state index contributed by atoms with van der Waals surface area (Å²) in [7, 11) is 3.67. The number of aryl methyl sites for hydroxylation is 1. The van der Waals surface area contributed by atoms with E-state index >= 15 is 0 Å². The number of nitrogens with one attached hydrogen (secondary N) is 1. The predicted octanol–water partition coefficient (Wildman–Crippen LogP) is -0.0318. The molecule has 8 heteroatoms. The number of hydrogen-bond acceptors (Lipinski definition) is 5. The Hall–Kier alpha value is -2.64. The average Bonchev–Trinajstić information content (AvgIpc) is 2.81. The molecule has 128 valence electrons. The van der Waals surface area contributed by atoms with Crippen LogP contribution in [-0.2, 0) is 24.2 Å². The van der Waals surface area contributed by atoms with Gasteiger partial charge in [0.25, 0.3) is 5.56 Å². The first kappa shape index (κ1) is 16.2. The lowest BCUT2D eigenvalue weighted by Crippen LogP contribution is -2.36. The lowest BCUT2D eigenvalue weighted by molar-refractivity contribution is -0.131. The topological polar surface area (TPSA) is 87.1 Å². The van der Waals surface area contributed by atoms with Crippen molar-refractivity contribution >= 4 is 11.9 Å². The Kier molecular flexibility index (Phi) is 4.37. The Morgan fingerprint density at radius 1 is 1.33 bits per heavy atom. The summed E-state index contributed by atoms with van der Waals surface area (Å²) in [6.07, 6.45) is 2.91. The van der Waals surface area contributed by atoms with E-state index < -0.39 is 0 Å². The van der Waals surface area contributed by atoms with Crippen LogP contribution in [-0.4, -0.2) is 57.7 Å². The second-order valence-corrected chi connectivity index (χ2v) is 6.24. The van der Waals surface area contributed by atoms with Crippen molar-refractivity contribution in [3.05, 3.63) is 39.6 Å². The standard InChI is InChI=1S/C16H22N6O2/c1-11-4-9-22(19-11)10-14(23)21-7-5-12-13(6-8-21)17-16(20(2)3)18-15(12)24/h4,9H,5-8,10H2,1-3H3,(H,17,18,24). The lowest BCUT2D eigenvalue weighted by Gasteiger charge is -2.20. The molecule has 0 saturated carbocycles. The first-order valence-corrected chi connectivity index (χ1v) is 8.01. The molecule has 24 heavy (non-hydrogen) atoms. The van der Waals surface area contributed by atoms with Crippen molar-refractivity contribution in [2.24, 2.45) is 0 Å². The van der Waals surface area contributed by atoms with Gasteiger partial charge < -0.3 is 9.80 Å². The van der Waals surface area contributed by atoms with E-state index in [1.54, 1.807) is 20.7 Å². The second-order valence-electron chi connectivity index (χ2n) is 6.24. The molecule has 0 spiro atoms. The maximum Gasteiger partial charge on any atom is 0.255 e. The van der Waals surface area contributed by atoms with Gasteiger partial charge in [-0.2, -0.15) is 5.10 Å². The number of rotatable bonds is 3. The summed E-state index contributed by atoms with van der Waals surface area (Å²) in [6, 6.07) is 1.87. The number of nitrogens with zero attached hydrogens (tertiary/aromatic N) is 5. The van der Waals surface area contributed by atoms with Crippen LogP contribution in [0.25, 0.3) is 0 Å². The van der Waals surface area contributed by atoms with E-state index in [9.17, 15) is 9.59 Å². The monoisotopic (exact) mass is 330 g/mol. The van der Waals surface area contributed by atoms with E-state index in [0.29, 0.717) is 37.4 Å². The molecular formula is C16H22N6O2. The molecule has 1 aliphatic heterocycles. The van der Waals surface area contributed by atoms with Gasteiger partial charge in [-0.15, -0.1) is 0 Å². The van der Waals surface area contributed by atoms with Crippen LogP contribution in [0.2, 0.25) is 0 Å². The number of aromatic amines is 1. The van der Waals surface area contributed by atoms with Crippen LogP contribution in [0.3, 0.4) is 0 Å². The summed E-state index contributed by atoms with van der Waals surface area (Å²) in [6.45, 7) is 3.20. The van der Waals surface area contributed by atoms with Crippen molar-refractivity contribution in [3.63, 3.8) is 0 Å². The van der Waals surface area contributed by atoms with Gasteiger partial charge in [-0.3, -0.25) is 19.3 Å². The van der Waals surface area contributed by atoms with Gasteiger partial charge in [0.15, 0.2) is 0 Å². The number of anilines is 1. The fourth-order valence-electron chi connectivity index (χ4n) is 2.85.